The molecule has 0 bridgehead atoms. The predicted octanol–water partition coefficient (Wildman–Crippen LogP) is 2.95. The molecule has 0 spiro atoms. The van der Waals surface area contributed by atoms with Crippen molar-refractivity contribution in [2.45, 2.75) is 36.2 Å². The number of carboxylic acid groups (broad SMARTS) is 1. The van der Waals surface area contributed by atoms with Crippen molar-refractivity contribution < 1.29 is 32.6 Å². The first-order chi connectivity index (χ1) is 11.1. The van der Waals surface area contributed by atoms with Gasteiger partial charge >= 0.3 is 12.1 Å². The van der Waals surface area contributed by atoms with Crippen LogP contribution in [0.15, 0.2) is 29.2 Å². The van der Waals surface area contributed by atoms with Gasteiger partial charge in [-0.1, -0.05) is 12.1 Å². The molecule has 1 aromatic rings. The molecule has 0 heterocycles. The van der Waals surface area contributed by atoms with Gasteiger partial charge in [0.25, 0.3) is 5.91 Å². The SMILES string of the molecule is CC(COCC(F)(F)F)NC(=O)c1ccccc1SC(C)C(=O)O. The van der Waals surface area contributed by atoms with Gasteiger partial charge in [-0.2, -0.15) is 13.2 Å². The minimum atomic E-state index is -4.42. The van der Waals surface area contributed by atoms with Gasteiger partial charge in [0, 0.05) is 10.9 Å². The minimum Gasteiger partial charge on any atom is -0.480 e. The van der Waals surface area contributed by atoms with E-state index in [1.54, 1.807) is 18.2 Å². The van der Waals surface area contributed by atoms with Gasteiger partial charge < -0.3 is 15.2 Å². The summed E-state index contributed by atoms with van der Waals surface area (Å²) in [6, 6.07) is 5.80. The summed E-state index contributed by atoms with van der Waals surface area (Å²) >= 11 is 1.01. The summed E-state index contributed by atoms with van der Waals surface area (Å²) in [6.07, 6.45) is -4.42. The fourth-order valence-electron chi connectivity index (χ4n) is 1.69. The van der Waals surface area contributed by atoms with E-state index < -0.39 is 36.0 Å². The monoisotopic (exact) mass is 365 g/mol. The molecule has 134 valence electrons. The molecule has 0 radical (unpaired) electrons. The van der Waals surface area contributed by atoms with Crippen molar-refractivity contribution in [3.63, 3.8) is 0 Å². The molecular formula is C15H18F3NO4S. The van der Waals surface area contributed by atoms with Crippen LogP contribution in [0.4, 0.5) is 13.2 Å². The molecule has 1 amide bonds. The molecule has 24 heavy (non-hydrogen) atoms. The number of aliphatic carboxylic acids is 1. The number of hydrogen-bond acceptors (Lipinski definition) is 4. The van der Waals surface area contributed by atoms with Crippen LogP contribution in [0.1, 0.15) is 24.2 Å². The largest absolute Gasteiger partial charge is 0.480 e. The number of thioether (sulfide) groups is 1. The molecule has 5 nitrogen and oxygen atoms in total. The quantitative estimate of drug-likeness (QED) is 0.693. The predicted molar refractivity (Wildman–Crippen MR) is 83.2 cm³/mol. The molecule has 2 unspecified atom stereocenters. The van der Waals surface area contributed by atoms with Crippen LogP contribution in [0.25, 0.3) is 0 Å². The Balaban J connectivity index is 2.66. The third kappa shape index (κ3) is 7.22. The molecule has 1 rings (SSSR count). The normalized spacial score (nSPS) is 14.0. The van der Waals surface area contributed by atoms with Gasteiger partial charge in [-0.25, -0.2) is 0 Å². The number of halogens is 3. The van der Waals surface area contributed by atoms with Crippen molar-refractivity contribution in [2.24, 2.45) is 0 Å². The van der Waals surface area contributed by atoms with Gasteiger partial charge in [-0.15, -0.1) is 11.8 Å². The van der Waals surface area contributed by atoms with E-state index in [4.69, 9.17) is 5.11 Å². The molecule has 1 aromatic carbocycles. The lowest BCUT2D eigenvalue weighted by molar-refractivity contribution is -0.174. The number of nitrogens with one attached hydrogen (secondary N) is 1. The Kier molecular flexibility index (Phi) is 7.56. The average molecular weight is 365 g/mol. The number of ether oxygens (including phenoxy) is 1. The van der Waals surface area contributed by atoms with Crippen LogP contribution in [0.2, 0.25) is 0 Å². The van der Waals surface area contributed by atoms with Crippen molar-refractivity contribution in [1.82, 2.24) is 5.32 Å². The number of rotatable bonds is 8. The molecule has 0 fully saturated rings. The zero-order chi connectivity index (χ0) is 18.3. The van der Waals surface area contributed by atoms with Crippen LogP contribution in [0.5, 0.6) is 0 Å². The lowest BCUT2D eigenvalue weighted by Gasteiger charge is -2.17. The van der Waals surface area contributed by atoms with Crippen LogP contribution in [-0.4, -0.2) is 47.7 Å². The Morgan fingerprint density at radius 1 is 1.29 bits per heavy atom. The molecule has 0 saturated carbocycles. The van der Waals surface area contributed by atoms with E-state index in [0.29, 0.717) is 4.90 Å². The van der Waals surface area contributed by atoms with E-state index >= 15 is 0 Å². The van der Waals surface area contributed by atoms with Gasteiger partial charge in [0.1, 0.15) is 11.9 Å². The zero-order valence-corrected chi connectivity index (χ0v) is 13.9. The molecule has 2 atom stereocenters. The Morgan fingerprint density at radius 3 is 2.50 bits per heavy atom. The maximum Gasteiger partial charge on any atom is 0.411 e. The second kappa shape index (κ2) is 8.93. The van der Waals surface area contributed by atoms with Gasteiger partial charge in [0.05, 0.1) is 12.2 Å². The number of carbonyl (C=O) groups is 2. The van der Waals surface area contributed by atoms with Crippen molar-refractivity contribution in [3.05, 3.63) is 29.8 Å². The van der Waals surface area contributed by atoms with E-state index in [1.807, 2.05) is 0 Å². The Labute approximate surface area is 141 Å². The smallest absolute Gasteiger partial charge is 0.411 e. The second-order valence-corrected chi connectivity index (χ2v) is 6.48. The molecule has 0 saturated heterocycles. The molecule has 0 aromatic heterocycles. The van der Waals surface area contributed by atoms with Crippen LogP contribution in [-0.2, 0) is 9.53 Å². The van der Waals surface area contributed by atoms with E-state index in [1.165, 1.54) is 19.9 Å². The van der Waals surface area contributed by atoms with E-state index in [0.717, 1.165) is 11.8 Å². The van der Waals surface area contributed by atoms with Gasteiger partial charge in [0.15, 0.2) is 0 Å². The molecule has 0 aliphatic rings. The van der Waals surface area contributed by atoms with E-state index in [9.17, 15) is 22.8 Å². The highest BCUT2D eigenvalue weighted by Gasteiger charge is 2.27. The van der Waals surface area contributed by atoms with Gasteiger partial charge in [-0.3, -0.25) is 9.59 Å². The number of carboxylic acids is 1. The summed E-state index contributed by atoms with van der Waals surface area (Å²) in [5.74, 6) is -1.51. The fraction of sp³-hybridized carbons (Fsp3) is 0.467. The van der Waals surface area contributed by atoms with Crippen molar-refractivity contribution in [1.29, 1.82) is 0 Å². The molecular weight excluding hydrogens is 347 g/mol. The second-order valence-electron chi connectivity index (χ2n) is 5.10. The third-order valence-corrected chi connectivity index (χ3v) is 3.96. The molecule has 9 heteroatoms. The standard InChI is InChI=1S/C15H18F3NO4S/c1-9(7-23-8-15(16,17)18)19-13(20)11-5-3-4-6-12(11)24-10(2)14(21)22/h3-6,9-10H,7-8H2,1-2H3,(H,19,20)(H,21,22). The number of amides is 1. The fourth-order valence-corrected chi connectivity index (χ4v) is 2.62. The zero-order valence-electron chi connectivity index (χ0n) is 13.1. The van der Waals surface area contributed by atoms with Crippen molar-refractivity contribution in [3.8, 4) is 0 Å². The Bertz CT molecular complexity index is 580. The topological polar surface area (TPSA) is 75.6 Å². The highest BCUT2D eigenvalue weighted by atomic mass is 32.2. The first-order valence-electron chi connectivity index (χ1n) is 7.04. The van der Waals surface area contributed by atoms with Gasteiger partial charge in [0.2, 0.25) is 0 Å². The summed E-state index contributed by atoms with van der Waals surface area (Å²) < 4.78 is 40.5. The van der Waals surface area contributed by atoms with Crippen LogP contribution >= 0.6 is 11.8 Å². The highest BCUT2D eigenvalue weighted by Crippen LogP contribution is 2.27. The van der Waals surface area contributed by atoms with Crippen LogP contribution in [0, 0.1) is 0 Å². The van der Waals surface area contributed by atoms with Crippen LogP contribution in [0.3, 0.4) is 0 Å². The third-order valence-electron chi connectivity index (χ3n) is 2.79. The summed E-state index contributed by atoms with van der Waals surface area (Å²) in [6.45, 7) is 1.35. The summed E-state index contributed by atoms with van der Waals surface area (Å²) in [5, 5.41) is 10.7. The van der Waals surface area contributed by atoms with Crippen LogP contribution < -0.4 is 5.32 Å². The summed E-state index contributed by atoms with van der Waals surface area (Å²) in [7, 11) is 0. The summed E-state index contributed by atoms with van der Waals surface area (Å²) in [4.78, 5) is 23.6. The van der Waals surface area contributed by atoms with Gasteiger partial charge in [-0.05, 0) is 26.0 Å². The number of benzene rings is 1. The Hall–Kier alpha value is -1.74. The maximum atomic E-state index is 12.2. The lowest BCUT2D eigenvalue weighted by atomic mass is 10.2. The first kappa shape index (κ1) is 20.3. The van der Waals surface area contributed by atoms with E-state index in [2.05, 4.69) is 10.1 Å². The number of hydrogen-bond donors (Lipinski definition) is 2. The highest BCUT2D eigenvalue weighted by molar-refractivity contribution is 8.00. The first-order valence-corrected chi connectivity index (χ1v) is 7.92. The average Bonchev–Trinajstić information content (AvgIpc) is 2.46. The van der Waals surface area contributed by atoms with Crippen molar-refractivity contribution in [2.75, 3.05) is 13.2 Å². The molecule has 0 aliphatic heterocycles. The minimum absolute atomic E-state index is 0.262. The van der Waals surface area contributed by atoms with Crippen molar-refractivity contribution >= 4 is 23.6 Å². The Morgan fingerprint density at radius 2 is 1.92 bits per heavy atom. The maximum absolute atomic E-state index is 12.2. The lowest BCUT2D eigenvalue weighted by Crippen LogP contribution is -2.37. The number of alkyl halides is 3. The van der Waals surface area contributed by atoms with E-state index in [-0.39, 0.29) is 12.2 Å². The number of carbonyl (C=O) groups excluding carboxylic acids is 1. The molecule has 2 N–H and O–H groups in total. The summed E-state index contributed by atoms with van der Waals surface area (Å²) in [5.41, 5.74) is 0.262. The molecule has 0 aliphatic carbocycles.